The van der Waals surface area contributed by atoms with Crippen LogP contribution in [0.1, 0.15) is 52.7 Å². The van der Waals surface area contributed by atoms with Crippen molar-refractivity contribution >= 4 is 27.9 Å². The Morgan fingerprint density at radius 1 is 0.822 bits per heavy atom. The number of hydrogen-bond donors (Lipinski definition) is 3. The first-order chi connectivity index (χ1) is 21.1. The van der Waals surface area contributed by atoms with Crippen LogP contribution in [0.15, 0.2) is 60.7 Å². The highest BCUT2D eigenvalue weighted by Gasteiger charge is 2.49. The van der Waals surface area contributed by atoms with Gasteiger partial charge in [-0.05, 0) is 43.2 Å². The van der Waals surface area contributed by atoms with Crippen molar-refractivity contribution in [2.75, 3.05) is 12.9 Å². The number of rotatable bonds is 15. The summed E-state index contributed by atoms with van der Waals surface area (Å²) in [6.45, 7) is 10.8. The smallest absolute Gasteiger partial charge is 0.408 e. The van der Waals surface area contributed by atoms with Gasteiger partial charge in [-0.2, -0.15) is 0 Å². The van der Waals surface area contributed by atoms with E-state index in [1.54, 1.807) is 24.3 Å². The number of sulfone groups is 1. The lowest BCUT2D eigenvalue weighted by molar-refractivity contribution is -0.124. The molecule has 0 radical (unpaired) electrons. The molecule has 0 aliphatic carbocycles. The van der Waals surface area contributed by atoms with E-state index in [0.29, 0.717) is 6.42 Å². The molecule has 1 aliphatic heterocycles. The fraction of sp³-hybridized carbons (Fsp3) is 0.545. The first-order valence-electron chi connectivity index (χ1n) is 15.2. The molecule has 0 bridgehead atoms. The second kappa shape index (κ2) is 15.6. The fourth-order valence-corrected chi connectivity index (χ4v) is 5.71. The highest BCUT2D eigenvalue weighted by atomic mass is 32.2. The van der Waals surface area contributed by atoms with Gasteiger partial charge in [0, 0.05) is 12.3 Å². The molecule has 248 valence electrons. The van der Waals surface area contributed by atoms with Crippen LogP contribution in [0.25, 0.3) is 0 Å². The van der Waals surface area contributed by atoms with Crippen molar-refractivity contribution in [2.45, 2.75) is 89.7 Å². The van der Waals surface area contributed by atoms with Gasteiger partial charge in [0.15, 0.2) is 9.84 Å². The summed E-state index contributed by atoms with van der Waals surface area (Å²) in [7, 11) is -3.84. The Labute approximate surface area is 266 Å². The third-order valence-corrected chi connectivity index (χ3v) is 10.3. The van der Waals surface area contributed by atoms with Gasteiger partial charge in [-0.3, -0.25) is 4.79 Å². The molecule has 45 heavy (non-hydrogen) atoms. The molecule has 1 saturated heterocycles. The number of hydrogen-bond acceptors (Lipinski definition) is 8. The van der Waals surface area contributed by atoms with Crippen LogP contribution >= 0.6 is 0 Å². The van der Waals surface area contributed by atoms with Gasteiger partial charge < -0.3 is 30.2 Å². The van der Waals surface area contributed by atoms with Gasteiger partial charge in [0.25, 0.3) is 0 Å². The van der Waals surface area contributed by atoms with Crippen LogP contribution in [0.4, 0.5) is 9.59 Å². The summed E-state index contributed by atoms with van der Waals surface area (Å²) in [5, 5.41) is 8.29. The lowest BCUT2D eigenvalue weighted by Crippen LogP contribution is -2.62. The number of alkyl carbamates (subject to hydrolysis) is 2. The van der Waals surface area contributed by atoms with E-state index in [4.69, 9.17) is 14.2 Å². The average molecular weight is 646 g/mol. The number of epoxide rings is 1. The molecular formula is C33H47N3O8S. The average Bonchev–Trinajstić information content (AvgIpc) is 3.76. The predicted molar refractivity (Wildman–Crippen MR) is 171 cm³/mol. The topological polar surface area (TPSA) is 152 Å². The molecule has 12 heteroatoms. The zero-order chi connectivity index (χ0) is 33.4. The lowest BCUT2D eigenvalue weighted by Gasteiger charge is -2.33. The SMILES string of the molecule is CC(C)C(NC(=O)OC[C@@H]1O[C@@H]1[C@H](Cc1ccccc1)NC(=O)[C@@H](NC(=O)OCc1ccccc1)C(C)(C)S(C)(=O)=O)C(C)C. The first kappa shape index (κ1) is 35.8. The minimum absolute atomic E-state index is 0.0249. The van der Waals surface area contributed by atoms with Crippen molar-refractivity contribution in [1.82, 2.24) is 16.0 Å². The molecular weight excluding hydrogens is 598 g/mol. The van der Waals surface area contributed by atoms with Crippen LogP contribution in [0.3, 0.4) is 0 Å². The Morgan fingerprint density at radius 3 is 1.89 bits per heavy atom. The quantitative estimate of drug-likeness (QED) is 0.246. The van der Waals surface area contributed by atoms with E-state index in [2.05, 4.69) is 16.0 Å². The summed E-state index contributed by atoms with van der Waals surface area (Å²) in [5.74, 6) is -0.268. The number of ether oxygens (including phenoxy) is 3. The maximum atomic E-state index is 13.8. The van der Waals surface area contributed by atoms with Crippen molar-refractivity contribution in [3.05, 3.63) is 71.8 Å². The Bertz CT molecular complexity index is 1380. The molecule has 2 aromatic rings. The third-order valence-electron chi connectivity index (χ3n) is 8.13. The van der Waals surface area contributed by atoms with Gasteiger partial charge in [-0.15, -0.1) is 0 Å². The van der Waals surface area contributed by atoms with E-state index in [1.165, 1.54) is 13.8 Å². The minimum Gasteiger partial charge on any atom is -0.447 e. The van der Waals surface area contributed by atoms with E-state index in [0.717, 1.165) is 17.4 Å². The third kappa shape index (κ3) is 10.5. The molecule has 11 nitrogen and oxygen atoms in total. The van der Waals surface area contributed by atoms with Gasteiger partial charge in [-0.25, -0.2) is 18.0 Å². The van der Waals surface area contributed by atoms with Crippen LogP contribution in [0, 0.1) is 11.8 Å². The van der Waals surface area contributed by atoms with Crippen LogP contribution in [-0.4, -0.2) is 74.5 Å². The summed E-state index contributed by atoms with van der Waals surface area (Å²) in [5.41, 5.74) is 1.64. The Kier molecular flexibility index (Phi) is 12.4. The molecule has 1 aliphatic rings. The van der Waals surface area contributed by atoms with Crippen LogP contribution in [0.2, 0.25) is 0 Å². The minimum atomic E-state index is -3.84. The second-order valence-corrected chi connectivity index (χ2v) is 15.3. The summed E-state index contributed by atoms with van der Waals surface area (Å²) in [6.07, 6.45) is -1.11. The summed E-state index contributed by atoms with van der Waals surface area (Å²) < 4.78 is 40.5. The second-order valence-electron chi connectivity index (χ2n) is 12.7. The summed E-state index contributed by atoms with van der Waals surface area (Å²) in [4.78, 5) is 39.1. The number of carbonyl (C=O) groups excluding carboxylic acids is 3. The molecule has 1 fully saturated rings. The molecule has 0 unspecified atom stereocenters. The van der Waals surface area contributed by atoms with Crippen molar-refractivity contribution in [1.29, 1.82) is 0 Å². The molecule has 3 rings (SSSR count). The zero-order valence-corrected chi connectivity index (χ0v) is 27.9. The monoisotopic (exact) mass is 645 g/mol. The normalized spacial score (nSPS) is 17.8. The summed E-state index contributed by atoms with van der Waals surface area (Å²) in [6, 6.07) is 16.2. The number of nitrogens with one attached hydrogen (secondary N) is 3. The van der Waals surface area contributed by atoms with E-state index in [-0.39, 0.29) is 31.1 Å². The Balaban J connectivity index is 1.73. The zero-order valence-electron chi connectivity index (χ0n) is 27.1. The van der Waals surface area contributed by atoms with E-state index < -0.39 is 57.0 Å². The molecule has 0 aromatic heterocycles. The highest BCUT2D eigenvalue weighted by molar-refractivity contribution is 7.92. The molecule has 0 spiro atoms. The van der Waals surface area contributed by atoms with Gasteiger partial charge in [0.1, 0.15) is 31.5 Å². The number of carbonyl (C=O) groups is 3. The molecule has 1 heterocycles. The van der Waals surface area contributed by atoms with Crippen LogP contribution in [0.5, 0.6) is 0 Å². The maximum absolute atomic E-state index is 13.8. The van der Waals surface area contributed by atoms with E-state index >= 15 is 0 Å². The maximum Gasteiger partial charge on any atom is 0.408 e. The molecule has 0 saturated carbocycles. The van der Waals surface area contributed by atoms with Crippen LogP contribution in [-0.2, 0) is 41.9 Å². The lowest BCUT2D eigenvalue weighted by atomic mass is 9.93. The van der Waals surface area contributed by atoms with Gasteiger partial charge in [0.05, 0.1) is 10.8 Å². The summed E-state index contributed by atoms with van der Waals surface area (Å²) >= 11 is 0. The largest absolute Gasteiger partial charge is 0.447 e. The van der Waals surface area contributed by atoms with Gasteiger partial charge in [-0.1, -0.05) is 88.4 Å². The van der Waals surface area contributed by atoms with Gasteiger partial charge >= 0.3 is 12.2 Å². The van der Waals surface area contributed by atoms with Crippen LogP contribution < -0.4 is 16.0 Å². The Hall–Kier alpha value is -3.64. The van der Waals surface area contributed by atoms with Crippen molar-refractivity contribution in [3.8, 4) is 0 Å². The van der Waals surface area contributed by atoms with Crippen molar-refractivity contribution in [3.63, 3.8) is 0 Å². The first-order valence-corrected chi connectivity index (χ1v) is 17.1. The molecule has 4 atom stereocenters. The fourth-order valence-electron chi connectivity index (χ4n) is 5.12. The van der Waals surface area contributed by atoms with Crippen molar-refractivity contribution < 1.29 is 37.0 Å². The molecule has 2 aromatic carbocycles. The van der Waals surface area contributed by atoms with E-state index in [1.807, 2.05) is 64.1 Å². The highest BCUT2D eigenvalue weighted by Crippen LogP contribution is 2.29. The van der Waals surface area contributed by atoms with Gasteiger partial charge in [0.2, 0.25) is 5.91 Å². The van der Waals surface area contributed by atoms with Crippen molar-refractivity contribution in [2.24, 2.45) is 11.8 Å². The standard InChI is InChI=1S/C33H47N3O8S/c1-21(2)27(22(3)4)35-31(38)43-20-26-28(44-26)25(18-23-14-10-8-11-15-23)34-30(37)29(33(5,6)45(7,40)41)36-32(39)42-19-24-16-12-9-13-17-24/h8-17,21-22,25-29H,18-20H2,1-7H3,(H,34,37)(H,35,38)(H,36,39)/t25-,26-,28+,29+/m0/s1. The molecule has 3 amide bonds. The number of benzene rings is 2. The molecule has 3 N–H and O–H groups in total. The number of amides is 3. The van der Waals surface area contributed by atoms with E-state index in [9.17, 15) is 22.8 Å². The Morgan fingerprint density at radius 2 is 1.36 bits per heavy atom. The predicted octanol–water partition coefficient (Wildman–Crippen LogP) is 4.01.